The number of allylic oxidation sites excluding steroid dienone is 1. The second-order valence-electron chi connectivity index (χ2n) is 12.4. The number of amides is 1. The molecule has 0 aromatic heterocycles. The first-order valence-corrected chi connectivity index (χ1v) is 16.9. The number of nitrogens with zero attached hydrogens (tertiary/aromatic N) is 1. The van der Waals surface area contributed by atoms with Crippen LogP contribution in [0.15, 0.2) is 48.6 Å². The first-order valence-electron chi connectivity index (χ1n) is 14.9. The van der Waals surface area contributed by atoms with Gasteiger partial charge in [0.2, 0.25) is 10.0 Å². The van der Waals surface area contributed by atoms with Crippen molar-refractivity contribution < 1.29 is 24.5 Å². The summed E-state index contributed by atoms with van der Waals surface area (Å²) in [6, 6.07) is 11.4. The molecular formula is C32H41ClN2O5S. The third-order valence-electron chi connectivity index (χ3n) is 9.75. The number of ether oxygens (including phenoxy) is 1. The second kappa shape index (κ2) is 11.3. The number of carbonyl (C=O) groups is 1. The van der Waals surface area contributed by atoms with E-state index < -0.39 is 22.0 Å². The van der Waals surface area contributed by atoms with Gasteiger partial charge in [-0.3, -0.25) is 4.79 Å². The van der Waals surface area contributed by atoms with Gasteiger partial charge in [-0.25, -0.2) is 13.1 Å². The Morgan fingerprint density at radius 3 is 2.85 bits per heavy atom. The molecule has 4 aliphatic rings. The minimum absolute atomic E-state index is 0. The predicted octanol–water partition coefficient (Wildman–Crippen LogP) is 5.49. The Labute approximate surface area is 249 Å². The zero-order chi connectivity index (χ0) is 28.8. The van der Waals surface area contributed by atoms with Crippen molar-refractivity contribution in [2.24, 2.45) is 17.8 Å². The predicted molar refractivity (Wildman–Crippen MR) is 163 cm³/mol. The van der Waals surface area contributed by atoms with E-state index in [1.165, 1.54) is 11.1 Å². The first kappa shape index (κ1) is 28.6. The van der Waals surface area contributed by atoms with Gasteiger partial charge in [0.1, 0.15) is 5.75 Å². The van der Waals surface area contributed by atoms with E-state index in [4.69, 9.17) is 16.3 Å². The van der Waals surface area contributed by atoms with E-state index in [2.05, 4.69) is 21.8 Å². The molecule has 1 spiro atoms. The molecule has 0 radical (unpaired) electrons. The van der Waals surface area contributed by atoms with Gasteiger partial charge in [0.25, 0.3) is 5.91 Å². The molecule has 1 fully saturated rings. The molecule has 0 unspecified atom stereocenters. The number of nitrogens with one attached hydrogen (secondary N) is 1. The van der Waals surface area contributed by atoms with Gasteiger partial charge in [0.15, 0.2) is 0 Å². The van der Waals surface area contributed by atoms with Crippen LogP contribution in [-0.4, -0.2) is 51.0 Å². The van der Waals surface area contributed by atoms with Crippen LogP contribution >= 0.6 is 11.6 Å². The Morgan fingerprint density at radius 2 is 2.07 bits per heavy atom. The van der Waals surface area contributed by atoms with Crippen molar-refractivity contribution in [1.29, 1.82) is 0 Å². The number of benzene rings is 2. The quantitative estimate of drug-likeness (QED) is 0.420. The Hall–Kier alpha value is -2.55. The highest BCUT2D eigenvalue weighted by Gasteiger charge is 2.44. The van der Waals surface area contributed by atoms with Gasteiger partial charge in [-0.1, -0.05) is 43.2 Å². The molecule has 5 atom stereocenters. The van der Waals surface area contributed by atoms with Crippen molar-refractivity contribution >= 4 is 33.2 Å². The summed E-state index contributed by atoms with van der Waals surface area (Å²) in [6.45, 7) is 3.87. The van der Waals surface area contributed by atoms with Crippen LogP contribution in [0.5, 0.6) is 5.75 Å². The Balaban J connectivity index is 0.00000353. The number of aliphatic hydroxyl groups is 1. The fraction of sp³-hybridized carbons (Fsp3) is 0.531. The highest BCUT2D eigenvalue weighted by molar-refractivity contribution is 7.90. The van der Waals surface area contributed by atoms with Crippen LogP contribution < -0.4 is 14.4 Å². The van der Waals surface area contributed by atoms with E-state index in [1.54, 1.807) is 18.2 Å². The van der Waals surface area contributed by atoms with E-state index in [9.17, 15) is 18.3 Å². The summed E-state index contributed by atoms with van der Waals surface area (Å²) in [4.78, 5) is 15.6. The molecule has 2 aromatic rings. The van der Waals surface area contributed by atoms with E-state index in [0.29, 0.717) is 37.7 Å². The number of carbonyl (C=O) groups excluding carboxylic acids is 1. The normalized spacial score (nSPS) is 32.0. The van der Waals surface area contributed by atoms with Gasteiger partial charge in [-0.15, -0.1) is 0 Å². The topological polar surface area (TPSA) is 95.9 Å². The third-order valence-corrected chi connectivity index (χ3v) is 11.4. The monoisotopic (exact) mass is 600 g/mol. The summed E-state index contributed by atoms with van der Waals surface area (Å²) >= 11 is 6.38. The average Bonchev–Trinajstić information content (AvgIpc) is 3.06. The Kier molecular flexibility index (Phi) is 7.85. The lowest BCUT2D eigenvalue weighted by Gasteiger charge is -2.45. The zero-order valence-electron chi connectivity index (χ0n) is 23.5. The highest BCUT2D eigenvalue weighted by Crippen LogP contribution is 2.46. The van der Waals surface area contributed by atoms with Gasteiger partial charge in [-0.2, -0.15) is 0 Å². The summed E-state index contributed by atoms with van der Waals surface area (Å²) in [5.41, 5.74) is 3.35. The highest BCUT2D eigenvalue weighted by atomic mass is 35.5. The lowest BCUT2D eigenvalue weighted by Crippen LogP contribution is -2.49. The molecule has 222 valence electrons. The standard InChI is InChI=1S/C32H39ClN2O5S.H2/c1-2-21-5-3-7-29(36)26-11-8-24(26)17-35-19-32(14-4-6-22-15-25(33)10-12-27(22)32)20-40-30-13-9-23(16-28(30)35)31(37)34-41(38,39)18-21;/h3,7,9-10,12-13,15-16,21,24,26,29,36H,2,4-6,8,11,14,17-20H2,1H3,(H,34,37);1H/b7-3+;/t21-,24+,26-,29+,32+;/m1./s1. The maximum absolute atomic E-state index is 13.2. The molecule has 2 bridgehead atoms. The molecule has 2 heterocycles. The third kappa shape index (κ3) is 5.75. The van der Waals surface area contributed by atoms with E-state index in [-0.39, 0.29) is 30.0 Å². The maximum Gasteiger partial charge on any atom is 0.264 e. The molecule has 9 heteroatoms. The number of fused-ring (bicyclic) bond motifs is 4. The molecule has 2 aliphatic carbocycles. The number of halogens is 1. The number of aliphatic hydroxyl groups excluding tert-OH is 1. The van der Waals surface area contributed by atoms with E-state index in [0.717, 1.165) is 49.4 Å². The summed E-state index contributed by atoms with van der Waals surface area (Å²) < 4.78 is 34.7. The largest absolute Gasteiger partial charge is 0.490 e. The van der Waals surface area contributed by atoms with E-state index in [1.807, 2.05) is 25.1 Å². The SMILES string of the molecule is CC[C@@H]1C/C=C/[C@H](O)[C@@H]2CC[C@H]2CN2C[C@@]3(CCCc4cc(Cl)ccc43)COc3ccc(cc32)C(=O)NS(=O)(=O)C1.[HH]. The molecule has 0 saturated heterocycles. The van der Waals surface area contributed by atoms with Gasteiger partial charge in [0, 0.05) is 30.5 Å². The van der Waals surface area contributed by atoms with Gasteiger partial charge in [0.05, 0.1) is 24.2 Å². The molecule has 41 heavy (non-hydrogen) atoms. The van der Waals surface area contributed by atoms with Crippen molar-refractivity contribution in [1.82, 2.24) is 4.72 Å². The van der Waals surface area contributed by atoms with Crippen molar-refractivity contribution in [2.45, 2.75) is 63.4 Å². The fourth-order valence-electron chi connectivity index (χ4n) is 7.27. The minimum atomic E-state index is -3.84. The van der Waals surface area contributed by atoms with Crippen LogP contribution in [0.1, 0.15) is 68.4 Å². The fourth-order valence-corrected chi connectivity index (χ4v) is 8.94. The van der Waals surface area contributed by atoms with Gasteiger partial charge >= 0.3 is 0 Å². The smallest absolute Gasteiger partial charge is 0.264 e. The molecular weight excluding hydrogens is 560 g/mol. The maximum atomic E-state index is 13.2. The van der Waals surface area contributed by atoms with Gasteiger partial charge < -0.3 is 14.7 Å². The van der Waals surface area contributed by atoms with Crippen LogP contribution in [0.2, 0.25) is 5.02 Å². The Bertz CT molecular complexity index is 1470. The van der Waals surface area contributed by atoms with Crippen LogP contribution in [0, 0.1) is 17.8 Å². The molecule has 7 nitrogen and oxygen atoms in total. The molecule has 2 N–H and O–H groups in total. The molecule has 6 rings (SSSR count). The van der Waals surface area contributed by atoms with Gasteiger partial charge in [-0.05, 0) is 97.7 Å². The summed E-state index contributed by atoms with van der Waals surface area (Å²) in [6.07, 6.45) is 9.33. The van der Waals surface area contributed by atoms with Crippen molar-refractivity contribution in [3.8, 4) is 5.75 Å². The molecule has 2 aromatic carbocycles. The number of aryl methyl sites for hydroxylation is 1. The lowest BCUT2D eigenvalue weighted by atomic mass is 9.68. The number of hydrogen-bond donors (Lipinski definition) is 2. The second-order valence-corrected chi connectivity index (χ2v) is 14.6. The lowest BCUT2D eigenvalue weighted by molar-refractivity contribution is 0.0456. The van der Waals surface area contributed by atoms with Crippen LogP contribution in [0.25, 0.3) is 0 Å². The van der Waals surface area contributed by atoms with Crippen LogP contribution in [0.4, 0.5) is 5.69 Å². The van der Waals surface area contributed by atoms with Crippen molar-refractivity contribution in [2.75, 3.05) is 30.3 Å². The summed E-state index contributed by atoms with van der Waals surface area (Å²) in [5, 5.41) is 11.8. The van der Waals surface area contributed by atoms with Crippen LogP contribution in [-0.2, 0) is 21.9 Å². The number of anilines is 1. The number of hydrogen-bond acceptors (Lipinski definition) is 6. The molecule has 1 saturated carbocycles. The summed E-state index contributed by atoms with van der Waals surface area (Å²) in [7, 11) is -3.84. The molecule has 1 amide bonds. The van der Waals surface area contributed by atoms with Crippen LogP contribution in [0.3, 0.4) is 0 Å². The zero-order valence-corrected chi connectivity index (χ0v) is 25.1. The summed E-state index contributed by atoms with van der Waals surface area (Å²) in [5.74, 6) is 0.196. The van der Waals surface area contributed by atoms with Crippen molar-refractivity contribution in [3.63, 3.8) is 0 Å². The minimum Gasteiger partial charge on any atom is -0.490 e. The van der Waals surface area contributed by atoms with Crippen molar-refractivity contribution in [3.05, 3.63) is 70.3 Å². The average molecular weight is 601 g/mol. The number of sulfonamides is 1. The van der Waals surface area contributed by atoms with E-state index >= 15 is 0 Å². The molecule has 2 aliphatic heterocycles. The number of rotatable bonds is 1. The first-order chi connectivity index (χ1) is 19.7. The Morgan fingerprint density at radius 1 is 1.22 bits per heavy atom.